The van der Waals surface area contributed by atoms with Gasteiger partial charge < -0.3 is 9.84 Å². The normalized spacial score (nSPS) is 22.8. The topological polar surface area (TPSA) is 46.5 Å². The molecular formula is C6H10O3. The van der Waals surface area contributed by atoms with Gasteiger partial charge in [-0.1, -0.05) is 6.92 Å². The molecule has 1 aliphatic heterocycles. The van der Waals surface area contributed by atoms with Crippen molar-refractivity contribution in [3.05, 3.63) is 0 Å². The van der Waals surface area contributed by atoms with Gasteiger partial charge in [0.15, 0.2) is 0 Å². The summed E-state index contributed by atoms with van der Waals surface area (Å²) in [5, 5.41) is 8.46. The molecular weight excluding hydrogens is 120 g/mol. The van der Waals surface area contributed by atoms with E-state index in [1.54, 1.807) is 6.92 Å². The van der Waals surface area contributed by atoms with Crippen LogP contribution in [0, 0.1) is 11.8 Å². The lowest BCUT2D eigenvalue weighted by molar-refractivity contribution is -0.150. The van der Waals surface area contributed by atoms with E-state index in [1.165, 1.54) is 0 Å². The molecule has 1 atom stereocenters. The van der Waals surface area contributed by atoms with Crippen molar-refractivity contribution in [3.8, 4) is 0 Å². The second-order valence-electron chi connectivity index (χ2n) is 2.42. The molecule has 0 amide bonds. The second-order valence-corrected chi connectivity index (χ2v) is 2.42. The first-order valence-corrected chi connectivity index (χ1v) is 3.02. The first-order valence-electron chi connectivity index (χ1n) is 3.02. The zero-order valence-corrected chi connectivity index (χ0v) is 5.33. The average Bonchev–Trinajstić information content (AvgIpc) is 1.60. The number of carbonyl (C=O) groups is 1. The molecule has 3 heteroatoms. The number of hydrogen-bond donors (Lipinski definition) is 1. The van der Waals surface area contributed by atoms with Crippen LogP contribution in [0.5, 0.6) is 0 Å². The molecule has 0 radical (unpaired) electrons. The third-order valence-corrected chi connectivity index (χ3v) is 1.76. The SMILES string of the molecule is C[C@@H](C(=O)O)C1COC1. The van der Waals surface area contributed by atoms with Crippen LogP contribution in [0.25, 0.3) is 0 Å². The second kappa shape index (κ2) is 2.35. The molecule has 1 N–H and O–H groups in total. The van der Waals surface area contributed by atoms with Crippen molar-refractivity contribution in [3.63, 3.8) is 0 Å². The van der Waals surface area contributed by atoms with Gasteiger partial charge in [0, 0.05) is 5.92 Å². The van der Waals surface area contributed by atoms with Gasteiger partial charge in [0.2, 0.25) is 0 Å². The highest BCUT2D eigenvalue weighted by molar-refractivity contribution is 5.70. The predicted octanol–water partition coefficient (Wildman–Crippen LogP) is 0.353. The summed E-state index contributed by atoms with van der Waals surface area (Å²) in [7, 11) is 0. The molecule has 1 rings (SSSR count). The van der Waals surface area contributed by atoms with E-state index in [9.17, 15) is 4.79 Å². The van der Waals surface area contributed by atoms with Crippen molar-refractivity contribution < 1.29 is 14.6 Å². The molecule has 1 saturated heterocycles. The van der Waals surface area contributed by atoms with Crippen LogP contribution in [0.1, 0.15) is 6.92 Å². The van der Waals surface area contributed by atoms with Crippen molar-refractivity contribution in [2.24, 2.45) is 11.8 Å². The van der Waals surface area contributed by atoms with Crippen LogP contribution in [0.4, 0.5) is 0 Å². The third-order valence-electron chi connectivity index (χ3n) is 1.76. The van der Waals surface area contributed by atoms with Gasteiger partial charge in [0.05, 0.1) is 19.1 Å². The molecule has 1 aliphatic rings. The van der Waals surface area contributed by atoms with E-state index in [0.717, 1.165) is 0 Å². The van der Waals surface area contributed by atoms with Crippen LogP contribution in [-0.2, 0) is 9.53 Å². The molecule has 0 aromatic rings. The van der Waals surface area contributed by atoms with E-state index in [-0.39, 0.29) is 11.8 Å². The van der Waals surface area contributed by atoms with Crippen LogP contribution in [0.3, 0.4) is 0 Å². The number of ether oxygens (including phenoxy) is 1. The van der Waals surface area contributed by atoms with E-state index in [2.05, 4.69) is 0 Å². The Hall–Kier alpha value is -0.570. The zero-order valence-electron chi connectivity index (χ0n) is 5.33. The van der Waals surface area contributed by atoms with Crippen LogP contribution in [-0.4, -0.2) is 24.3 Å². The summed E-state index contributed by atoms with van der Waals surface area (Å²) in [6.45, 7) is 2.95. The molecule has 0 unspecified atom stereocenters. The standard InChI is InChI=1S/C6H10O3/c1-4(6(7)8)5-2-9-3-5/h4-5H,2-3H2,1H3,(H,7,8)/t4-/m1/s1. The molecule has 0 bridgehead atoms. The monoisotopic (exact) mass is 130 g/mol. The molecule has 3 nitrogen and oxygen atoms in total. The fraction of sp³-hybridized carbons (Fsp3) is 0.833. The Morgan fingerprint density at radius 3 is 2.44 bits per heavy atom. The Kier molecular flexibility index (Phi) is 1.71. The highest BCUT2D eigenvalue weighted by Gasteiger charge is 2.29. The van der Waals surface area contributed by atoms with Crippen molar-refractivity contribution in [1.82, 2.24) is 0 Å². The molecule has 0 spiro atoms. The Bertz CT molecular complexity index is 117. The highest BCUT2D eigenvalue weighted by atomic mass is 16.5. The third kappa shape index (κ3) is 1.21. The largest absolute Gasteiger partial charge is 0.481 e. The van der Waals surface area contributed by atoms with Gasteiger partial charge in [0.1, 0.15) is 0 Å². The number of carboxylic acid groups (broad SMARTS) is 1. The minimum Gasteiger partial charge on any atom is -0.481 e. The number of carboxylic acids is 1. The summed E-state index contributed by atoms with van der Waals surface area (Å²) in [6, 6.07) is 0. The minimum atomic E-state index is -0.719. The Labute approximate surface area is 53.6 Å². The molecule has 1 heterocycles. The summed E-state index contributed by atoms with van der Waals surface area (Å²) < 4.78 is 4.84. The van der Waals surface area contributed by atoms with Crippen molar-refractivity contribution in [1.29, 1.82) is 0 Å². The summed E-state index contributed by atoms with van der Waals surface area (Å²) in [5.74, 6) is -0.704. The van der Waals surface area contributed by atoms with Crippen LogP contribution in [0.2, 0.25) is 0 Å². The van der Waals surface area contributed by atoms with Gasteiger partial charge in [-0.3, -0.25) is 4.79 Å². The van der Waals surface area contributed by atoms with Crippen molar-refractivity contribution in [2.75, 3.05) is 13.2 Å². The number of hydrogen-bond acceptors (Lipinski definition) is 2. The lowest BCUT2D eigenvalue weighted by Gasteiger charge is -2.28. The summed E-state index contributed by atoms with van der Waals surface area (Å²) in [6.07, 6.45) is 0. The molecule has 0 aromatic carbocycles. The van der Waals surface area contributed by atoms with E-state index in [1.807, 2.05) is 0 Å². The zero-order chi connectivity index (χ0) is 6.85. The van der Waals surface area contributed by atoms with E-state index in [4.69, 9.17) is 9.84 Å². The minimum absolute atomic E-state index is 0.237. The highest BCUT2D eigenvalue weighted by Crippen LogP contribution is 2.19. The predicted molar refractivity (Wildman–Crippen MR) is 31.1 cm³/mol. The smallest absolute Gasteiger partial charge is 0.306 e. The van der Waals surface area contributed by atoms with E-state index < -0.39 is 5.97 Å². The lowest BCUT2D eigenvalue weighted by Crippen LogP contribution is -2.36. The molecule has 1 fully saturated rings. The van der Waals surface area contributed by atoms with Crippen LogP contribution >= 0.6 is 0 Å². The van der Waals surface area contributed by atoms with Crippen LogP contribution in [0.15, 0.2) is 0 Å². The summed E-state index contributed by atoms with van der Waals surface area (Å²) >= 11 is 0. The van der Waals surface area contributed by atoms with Gasteiger partial charge in [-0.25, -0.2) is 0 Å². The van der Waals surface area contributed by atoms with E-state index >= 15 is 0 Å². The maximum atomic E-state index is 10.3. The van der Waals surface area contributed by atoms with Gasteiger partial charge in [-0.15, -0.1) is 0 Å². The van der Waals surface area contributed by atoms with E-state index in [0.29, 0.717) is 13.2 Å². The molecule has 0 saturated carbocycles. The number of rotatable bonds is 2. The van der Waals surface area contributed by atoms with Crippen LogP contribution < -0.4 is 0 Å². The van der Waals surface area contributed by atoms with Gasteiger partial charge >= 0.3 is 5.97 Å². The summed E-state index contributed by atoms with van der Waals surface area (Å²) in [5.41, 5.74) is 0. The first-order chi connectivity index (χ1) is 4.22. The fourth-order valence-corrected chi connectivity index (χ4v) is 0.744. The summed E-state index contributed by atoms with van der Waals surface area (Å²) in [4.78, 5) is 10.3. The van der Waals surface area contributed by atoms with Gasteiger partial charge in [-0.2, -0.15) is 0 Å². The van der Waals surface area contributed by atoms with Crippen molar-refractivity contribution >= 4 is 5.97 Å². The Morgan fingerprint density at radius 1 is 1.78 bits per heavy atom. The number of aliphatic carboxylic acids is 1. The maximum absolute atomic E-state index is 10.3. The fourth-order valence-electron chi connectivity index (χ4n) is 0.744. The molecule has 9 heavy (non-hydrogen) atoms. The Balaban J connectivity index is 2.32. The maximum Gasteiger partial charge on any atom is 0.306 e. The quantitative estimate of drug-likeness (QED) is 0.586. The molecule has 0 aromatic heterocycles. The average molecular weight is 130 g/mol. The van der Waals surface area contributed by atoms with Gasteiger partial charge in [0.25, 0.3) is 0 Å². The molecule has 52 valence electrons. The van der Waals surface area contributed by atoms with Crippen molar-refractivity contribution in [2.45, 2.75) is 6.92 Å². The first kappa shape index (κ1) is 6.55. The van der Waals surface area contributed by atoms with Gasteiger partial charge in [-0.05, 0) is 0 Å². The lowest BCUT2D eigenvalue weighted by atomic mass is 9.93. The Morgan fingerprint density at radius 2 is 2.33 bits per heavy atom. The molecule has 0 aliphatic carbocycles.